The lowest BCUT2D eigenvalue weighted by Crippen LogP contribution is -2.06. The van der Waals surface area contributed by atoms with E-state index in [1.165, 1.54) is 32.1 Å². The van der Waals surface area contributed by atoms with Crippen LogP contribution in [0.1, 0.15) is 43.7 Å². The van der Waals surface area contributed by atoms with Crippen molar-refractivity contribution in [2.45, 2.75) is 38.0 Å². The topological polar surface area (TPSA) is 12.9 Å². The smallest absolute Gasteiger partial charge is 0.143 e. The number of rotatable bonds is 1. The molecule has 1 heterocycles. The molecule has 1 fully saturated rings. The lowest BCUT2D eigenvalue weighted by atomic mass is 9.87. The maximum absolute atomic E-state index is 5.98. The molecule has 1 nitrogen and oxygen atoms in total. The molecule has 0 unspecified atom stereocenters. The zero-order chi connectivity index (χ0) is 9.97. The average Bonchev–Trinajstić information content (AvgIpc) is 2.23. The molecule has 14 heavy (non-hydrogen) atoms. The Bertz CT molecular complexity index is 321. The summed E-state index contributed by atoms with van der Waals surface area (Å²) in [7, 11) is 0. The summed E-state index contributed by atoms with van der Waals surface area (Å²) in [5, 5.41) is 0.591. The van der Waals surface area contributed by atoms with Crippen LogP contribution in [0.5, 0.6) is 0 Å². The van der Waals surface area contributed by atoms with E-state index in [1.807, 2.05) is 6.07 Å². The van der Waals surface area contributed by atoms with Crippen LogP contribution in [0.3, 0.4) is 0 Å². The van der Waals surface area contributed by atoms with Gasteiger partial charge in [-0.05, 0) is 40.9 Å². The summed E-state index contributed by atoms with van der Waals surface area (Å²) in [6, 6.07) is 4.09. The van der Waals surface area contributed by atoms with Crippen LogP contribution < -0.4 is 0 Å². The SMILES string of the molecule is Clc1nc(C2CCCCC2)ccc1Br. The number of halogens is 2. The van der Waals surface area contributed by atoms with Crippen molar-refractivity contribution in [3.05, 3.63) is 27.5 Å². The predicted octanol–water partition coefficient (Wildman–Crippen LogP) is 4.55. The first-order valence-corrected chi connectivity index (χ1v) is 6.26. The second-order valence-corrected chi connectivity index (χ2v) is 5.06. The first kappa shape index (κ1) is 10.4. The Balaban J connectivity index is 2.18. The van der Waals surface area contributed by atoms with Crippen LogP contribution in [0.15, 0.2) is 16.6 Å². The van der Waals surface area contributed by atoms with Crippen molar-refractivity contribution in [2.24, 2.45) is 0 Å². The van der Waals surface area contributed by atoms with Gasteiger partial charge in [-0.2, -0.15) is 0 Å². The van der Waals surface area contributed by atoms with E-state index < -0.39 is 0 Å². The molecule has 1 aliphatic rings. The van der Waals surface area contributed by atoms with Crippen molar-refractivity contribution in [3.8, 4) is 0 Å². The van der Waals surface area contributed by atoms with Crippen LogP contribution in [0.25, 0.3) is 0 Å². The van der Waals surface area contributed by atoms with Crippen molar-refractivity contribution >= 4 is 27.5 Å². The Morgan fingerprint density at radius 1 is 1.21 bits per heavy atom. The molecule has 1 aromatic heterocycles. The summed E-state index contributed by atoms with van der Waals surface area (Å²) in [5.74, 6) is 0.634. The molecule has 0 aliphatic heterocycles. The first-order chi connectivity index (χ1) is 6.77. The van der Waals surface area contributed by atoms with Gasteiger partial charge in [0.15, 0.2) is 0 Å². The number of pyridine rings is 1. The molecule has 0 spiro atoms. The normalized spacial score (nSPS) is 18.4. The van der Waals surface area contributed by atoms with Gasteiger partial charge in [0.2, 0.25) is 0 Å². The lowest BCUT2D eigenvalue weighted by molar-refractivity contribution is 0.436. The van der Waals surface area contributed by atoms with Crippen molar-refractivity contribution < 1.29 is 0 Å². The largest absolute Gasteiger partial charge is 0.240 e. The standard InChI is InChI=1S/C11H13BrClN/c12-9-6-7-10(14-11(9)13)8-4-2-1-3-5-8/h6-8H,1-5H2. The molecule has 76 valence electrons. The van der Waals surface area contributed by atoms with E-state index in [4.69, 9.17) is 11.6 Å². The minimum atomic E-state index is 0.591. The maximum atomic E-state index is 5.98. The van der Waals surface area contributed by atoms with Crippen molar-refractivity contribution in [2.75, 3.05) is 0 Å². The van der Waals surface area contributed by atoms with Gasteiger partial charge in [-0.15, -0.1) is 0 Å². The lowest BCUT2D eigenvalue weighted by Gasteiger charge is -2.21. The Morgan fingerprint density at radius 3 is 2.57 bits per heavy atom. The Labute approximate surface area is 98.0 Å². The number of aromatic nitrogens is 1. The highest BCUT2D eigenvalue weighted by Crippen LogP contribution is 2.33. The molecule has 0 atom stereocenters. The highest BCUT2D eigenvalue weighted by molar-refractivity contribution is 9.10. The van der Waals surface area contributed by atoms with Crippen LogP contribution >= 0.6 is 27.5 Å². The van der Waals surface area contributed by atoms with Crippen LogP contribution in [0, 0.1) is 0 Å². The average molecular weight is 275 g/mol. The third-order valence-corrected chi connectivity index (χ3v) is 4.00. The van der Waals surface area contributed by atoms with Crippen LogP contribution in [0.2, 0.25) is 5.15 Å². The molecule has 0 amide bonds. The number of nitrogens with zero attached hydrogens (tertiary/aromatic N) is 1. The molecule has 0 saturated heterocycles. The molecule has 2 rings (SSSR count). The maximum Gasteiger partial charge on any atom is 0.143 e. The molecule has 0 bridgehead atoms. The highest BCUT2D eigenvalue weighted by Gasteiger charge is 2.17. The van der Waals surface area contributed by atoms with Gasteiger partial charge < -0.3 is 0 Å². The summed E-state index contributed by atoms with van der Waals surface area (Å²) in [6.07, 6.45) is 6.58. The van der Waals surface area contributed by atoms with Gasteiger partial charge >= 0.3 is 0 Å². The highest BCUT2D eigenvalue weighted by atomic mass is 79.9. The summed E-state index contributed by atoms with van der Waals surface area (Å²) >= 11 is 9.33. The van der Waals surface area contributed by atoms with E-state index in [0.29, 0.717) is 11.1 Å². The molecule has 1 aliphatic carbocycles. The molecule has 3 heteroatoms. The van der Waals surface area contributed by atoms with Gasteiger partial charge in [-0.25, -0.2) is 4.98 Å². The Hall–Kier alpha value is -0.0800. The summed E-state index contributed by atoms with van der Waals surface area (Å²) in [6.45, 7) is 0. The first-order valence-electron chi connectivity index (χ1n) is 5.09. The summed E-state index contributed by atoms with van der Waals surface area (Å²) in [4.78, 5) is 4.41. The van der Waals surface area contributed by atoms with Crippen molar-refractivity contribution in [1.82, 2.24) is 4.98 Å². The molecule has 1 aromatic rings. The van der Waals surface area contributed by atoms with E-state index >= 15 is 0 Å². The second kappa shape index (κ2) is 4.63. The van der Waals surface area contributed by atoms with Gasteiger partial charge in [0.05, 0.1) is 4.47 Å². The number of hydrogen-bond donors (Lipinski definition) is 0. The molecular weight excluding hydrogens is 261 g/mol. The van der Waals surface area contributed by atoms with Crippen molar-refractivity contribution in [1.29, 1.82) is 0 Å². The van der Waals surface area contributed by atoms with E-state index in [1.54, 1.807) is 0 Å². The van der Waals surface area contributed by atoms with Gasteiger partial charge in [0, 0.05) is 11.6 Å². The van der Waals surface area contributed by atoms with Crippen molar-refractivity contribution in [3.63, 3.8) is 0 Å². The zero-order valence-corrected chi connectivity index (χ0v) is 10.3. The van der Waals surface area contributed by atoms with E-state index in [2.05, 4.69) is 27.0 Å². The van der Waals surface area contributed by atoms with Gasteiger partial charge in [0.25, 0.3) is 0 Å². The molecule has 0 radical (unpaired) electrons. The molecule has 0 N–H and O–H groups in total. The van der Waals surface area contributed by atoms with Crippen LogP contribution in [-0.4, -0.2) is 4.98 Å². The predicted molar refractivity (Wildman–Crippen MR) is 62.8 cm³/mol. The fraction of sp³-hybridized carbons (Fsp3) is 0.545. The van der Waals surface area contributed by atoms with E-state index in [-0.39, 0.29) is 0 Å². The summed E-state index contributed by atoms with van der Waals surface area (Å²) in [5.41, 5.74) is 1.16. The van der Waals surface area contributed by atoms with E-state index in [0.717, 1.165) is 10.2 Å². The fourth-order valence-corrected chi connectivity index (χ4v) is 2.44. The Morgan fingerprint density at radius 2 is 1.93 bits per heavy atom. The second-order valence-electron chi connectivity index (χ2n) is 3.84. The van der Waals surface area contributed by atoms with Crippen LogP contribution in [-0.2, 0) is 0 Å². The van der Waals surface area contributed by atoms with Crippen LogP contribution in [0.4, 0.5) is 0 Å². The molecular formula is C11H13BrClN. The Kier molecular flexibility index (Phi) is 3.45. The van der Waals surface area contributed by atoms with E-state index in [9.17, 15) is 0 Å². The molecule has 0 aromatic carbocycles. The zero-order valence-electron chi connectivity index (χ0n) is 7.97. The number of hydrogen-bond acceptors (Lipinski definition) is 1. The molecule has 1 saturated carbocycles. The quantitative estimate of drug-likeness (QED) is 0.685. The summed E-state index contributed by atoms with van der Waals surface area (Å²) < 4.78 is 0.888. The van der Waals surface area contributed by atoms with Gasteiger partial charge in [-0.1, -0.05) is 30.9 Å². The van der Waals surface area contributed by atoms with Gasteiger partial charge in [-0.3, -0.25) is 0 Å². The third-order valence-electron chi connectivity index (χ3n) is 2.85. The van der Waals surface area contributed by atoms with Gasteiger partial charge in [0.1, 0.15) is 5.15 Å². The fourth-order valence-electron chi connectivity index (χ4n) is 2.06. The third kappa shape index (κ3) is 2.29. The monoisotopic (exact) mass is 273 g/mol. The minimum Gasteiger partial charge on any atom is -0.240 e. The minimum absolute atomic E-state index is 0.591.